The average Bonchev–Trinajstić information content (AvgIpc) is 2.84. The smallest absolute Gasteiger partial charge is 0.253 e. The lowest BCUT2D eigenvalue weighted by Crippen LogP contribution is -2.46. The molecule has 0 spiro atoms. The van der Waals surface area contributed by atoms with Crippen molar-refractivity contribution in [2.75, 3.05) is 49.1 Å². The van der Waals surface area contributed by atoms with Crippen LogP contribution < -0.4 is 9.80 Å². The Bertz CT molecular complexity index is 1070. The van der Waals surface area contributed by atoms with Crippen LogP contribution in [0, 0.1) is 0 Å². The summed E-state index contributed by atoms with van der Waals surface area (Å²) < 4.78 is 0. The molecule has 0 saturated carbocycles. The number of pyridine rings is 1. The number of hydrogen-bond acceptors (Lipinski definition) is 4. The molecule has 160 valence electrons. The fourth-order valence-electron chi connectivity index (χ4n) is 4.65. The van der Waals surface area contributed by atoms with E-state index in [0.29, 0.717) is 0 Å². The van der Waals surface area contributed by atoms with Gasteiger partial charge in [0.15, 0.2) is 0 Å². The molecule has 0 atom stereocenters. The number of amides is 1. The summed E-state index contributed by atoms with van der Waals surface area (Å²) in [5.74, 6) is 1.12. The van der Waals surface area contributed by atoms with Gasteiger partial charge in [-0.2, -0.15) is 0 Å². The Morgan fingerprint density at radius 2 is 1.52 bits per heavy atom. The summed E-state index contributed by atoms with van der Waals surface area (Å²) in [7, 11) is 0. The molecule has 2 aromatic carbocycles. The zero-order valence-corrected chi connectivity index (χ0v) is 18.4. The van der Waals surface area contributed by atoms with Gasteiger partial charge in [-0.25, -0.2) is 4.98 Å². The molecule has 3 aromatic rings. The van der Waals surface area contributed by atoms with Crippen LogP contribution >= 0.6 is 11.6 Å². The number of piperazine rings is 1. The quantitative estimate of drug-likeness (QED) is 0.591. The van der Waals surface area contributed by atoms with Crippen LogP contribution in [-0.2, 0) is 0 Å². The van der Waals surface area contributed by atoms with E-state index in [9.17, 15) is 4.79 Å². The monoisotopic (exact) mass is 434 g/mol. The van der Waals surface area contributed by atoms with Crippen LogP contribution in [0.25, 0.3) is 10.8 Å². The minimum Gasteiger partial charge on any atom is -0.368 e. The van der Waals surface area contributed by atoms with Gasteiger partial charge < -0.3 is 14.7 Å². The van der Waals surface area contributed by atoms with Crippen molar-refractivity contribution < 1.29 is 4.79 Å². The maximum absolute atomic E-state index is 13.0. The second-order valence-corrected chi connectivity index (χ2v) is 8.81. The predicted octanol–water partition coefficient (Wildman–Crippen LogP) is 4.84. The Labute approximate surface area is 188 Å². The van der Waals surface area contributed by atoms with Crippen molar-refractivity contribution in [3.05, 3.63) is 65.3 Å². The van der Waals surface area contributed by atoms with Gasteiger partial charge in [-0.3, -0.25) is 4.79 Å². The zero-order valence-electron chi connectivity index (χ0n) is 17.6. The number of rotatable bonds is 3. The summed E-state index contributed by atoms with van der Waals surface area (Å²) in [5.41, 5.74) is 1.97. The Kier molecular flexibility index (Phi) is 5.68. The van der Waals surface area contributed by atoms with Crippen molar-refractivity contribution in [3.63, 3.8) is 0 Å². The van der Waals surface area contributed by atoms with Gasteiger partial charge in [-0.05, 0) is 67.1 Å². The fraction of sp³-hybridized carbons (Fsp3) is 0.360. The Hall–Kier alpha value is -2.79. The molecule has 0 N–H and O–H groups in total. The van der Waals surface area contributed by atoms with E-state index >= 15 is 0 Å². The Morgan fingerprint density at radius 1 is 0.806 bits per heavy atom. The second-order valence-electron chi connectivity index (χ2n) is 8.37. The Balaban J connectivity index is 1.37. The summed E-state index contributed by atoms with van der Waals surface area (Å²) in [6.07, 6.45) is 5.29. The lowest BCUT2D eigenvalue weighted by Gasteiger charge is -2.37. The first kappa shape index (κ1) is 20.1. The topological polar surface area (TPSA) is 39.7 Å². The number of carbonyl (C=O) groups is 1. The largest absolute Gasteiger partial charge is 0.368 e. The molecular weight excluding hydrogens is 408 g/mol. The van der Waals surface area contributed by atoms with Crippen molar-refractivity contribution in [2.45, 2.75) is 19.3 Å². The maximum atomic E-state index is 13.0. The van der Waals surface area contributed by atoms with Crippen molar-refractivity contribution >= 4 is 39.8 Å². The van der Waals surface area contributed by atoms with Crippen LogP contribution in [0.3, 0.4) is 0 Å². The van der Waals surface area contributed by atoms with Gasteiger partial charge in [0.25, 0.3) is 5.91 Å². The predicted molar refractivity (Wildman–Crippen MR) is 127 cm³/mol. The molecule has 2 saturated heterocycles. The van der Waals surface area contributed by atoms with E-state index in [1.807, 2.05) is 41.4 Å². The van der Waals surface area contributed by atoms with Crippen molar-refractivity contribution in [3.8, 4) is 0 Å². The number of likely N-dealkylation sites (tertiary alicyclic amines) is 1. The van der Waals surface area contributed by atoms with Crippen molar-refractivity contribution in [1.82, 2.24) is 9.88 Å². The minimum absolute atomic E-state index is 0.143. The van der Waals surface area contributed by atoms with Gasteiger partial charge in [0, 0.05) is 67.1 Å². The first-order chi connectivity index (χ1) is 15.2. The van der Waals surface area contributed by atoms with Crippen LogP contribution in [0.4, 0.5) is 11.5 Å². The van der Waals surface area contributed by atoms with E-state index in [1.54, 1.807) is 0 Å². The standard InChI is InChI=1S/C25H27ClN4O/c26-21-6-8-22(9-7-21)28-14-16-29(17-15-28)24-23-18-20(5-4-19(23)10-11-27-24)25(31)30-12-2-1-3-13-30/h4-11,18H,1-3,12-17H2. The highest BCUT2D eigenvalue weighted by Crippen LogP contribution is 2.28. The molecule has 0 radical (unpaired) electrons. The molecule has 1 aromatic heterocycles. The third kappa shape index (κ3) is 4.19. The summed E-state index contributed by atoms with van der Waals surface area (Å²) in [4.78, 5) is 24.5. The summed E-state index contributed by atoms with van der Waals surface area (Å²) in [6, 6.07) is 16.1. The van der Waals surface area contributed by atoms with Gasteiger partial charge in [0.05, 0.1) is 0 Å². The molecule has 2 aliphatic heterocycles. The van der Waals surface area contributed by atoms with E-state index < -0.39 is 0 Å². The average molecular weight is 435 g/mol. The molecule has 2 fully saturated rings. The zero-order chi connectivity index (χ0) is 21.2. The number of nitrogens with zero attached hydrogens (tertiary/aromatic N) is 4. The maximum Gasteiger partial charge on any atom is 0.253 e. The number of anilines is 2. The lowest BCUT2D eigenvalue weighted by atomic mass is 10.0. The summed E-state index contributed by atoms with van der Waals surface area (Å²) in [6.45, 7) is 5.35. The second kappa shape index (κ2) is 8.75. The third-order valence-corrected chi connectivity index (χ3v) is 6.66. The number of aromatic nitrogens is 1. The van der Waals surface area contributed by atoms with Crippen molar-refractivity contribution in [1.29, 1.82) is 0 Å². The van der Waals surface area contributed by atoms with Crippen LogP contribution in [0.1, 0.15) is 29.6 Å². The van der Waals surface area contributed by atoms with E-state index in [4.69, 9.17) is 16.6 Å². The molecule has 5 rings (SSSR count). The van der Waals surface area contributed by atoms with Crippen LogP contribution in [0.5, 0.6) is 0 Å². The van der Waals surface area contributed by atoms with Gasteiger partial charge >= 0.3 is 0 Å². The third-order valence-electron chi connectivity index (χ3n) is 6.41. The molecule has 6 heteroatoms. The first-order valence-electron chi connectivity index (χ1n) is 11.1. The fourth-order valence-corrected chi connectivity index (χ4v) is 4.77. The number of piperidine rings is 1. The number of benzene rings is 2. The molecule has 2 aliphatic rings. The van der Waals surface area contributed by atoms with Gasteiger partial charge in [0.1, 0.15) is 5.82 Å². The molecular formula is C25H27ClN4O. The number of halogens is 1. The molecule has 31 heavy (non-hydrogen) atoms. The number of fused-ring (bicyclic) bond motifs is 1. The van der Waals surface area contributed by atoms with Gasteiger partial charge in [0.2, 0.25) is 0 Å². The minimum atomic E-state index is 0.143. The van der Waals surface area contributed by atoms with Gasteiger partial charge in [-0.1, -0.05) is 17.7 Å². The highest BCUT2D eigenvalue weighted by Gasteiger charge is 2.22. The number of carbonyl (C=O) groups excluding carboxylic acids is 1. The lowest BCUT2D eigenvalue weighted by molar-refractivity contribution is 0.0724. The highest BCUT2D eigenvalue weighted by atomic mass is 35.5. The SMILES string of the molecule is O=C(c1ccc2ccnc(N3CCN(c4ccc(Cl)cc4)CC3)c2c1)N1CCCCC1. The van der Waals surface area contributed by atoms with Crippen LogP contribution in [0.15, 0.2) is 54.7 Å². The van der Waals surface area contributed by atoms with Crippen LogP contribution in [-0.4, -0.2) is 55.1 Å². The summed E-state index contributed by atoms with van der Waals surface area (Å²) in [5, 5.41) is 2.95. The van der Waals surface area contributed by atoms with E-state index in [1.165, 1.54) is 12.1 Å². The number of hydrogen-bond donors (Lipinski definition) is 0. The normalized spacial score (nSPS) is 17.3. The molecule has 0 unspecified atom stereocenters. The highest BCUT2D eigenvalue weighted by molar-refractivity contribution is 6.30. The molecule has 3 heterocycles. The molecule has 0 aliphatic carbocycles. The van der Waals surface area contributed by atoms with Crippen LogP contribution in [0.2, 0.25) is 5.02 Å². The molecule has 0 bridgehead atoms. The van der Waals surface area contributed by atoms with Crippen molar-refractivity contribution in [2.24, 2.45) is 0 Å². The van der Waals surface area contributed by atoms with Gasteiger partial charge in [-0.15, -0.1) is 0 Å². The Morgan fingerprint density at radius 3 is 2.26 bits per heavy atom. The summed E-state index contributed by atoms with van der Waals surface area (Å²) >= 11 is 6.03. The molecule has 1 amide bonds. The van der Waals surface area contributed by atoms with E-state index in [0.717, 1.165) is 79.3 Å². The van der Waals surface area contributed by atoms with E-state index in [-0.39, 0.29) is 5.91 Å². The van der Waals surface area contributed by atoms with E-state index in [2.05, 4.69) is 28.0 Å². The molecule has 5 nitrogen and oxygen atoms in total. The first-order valence-corrected chi connectivity index (χ1v) is 11.5.